The molecule has 0 saturated carbocycles. The Morgan fingerprint density at radius 2 is 1.54 bits per heavy atom. The highest BCUT2D eigenvalue weighted by Crippen LogP contribution is 2.34. The molecule has 2 aromatic heterocycles. The summed E-state index contributed by atoms with van der Waals surface area (Å²) in [4.78, 5) is 25.9. The second-order valence-corrected chi connectivity index (χ2v) is 9.65. The molecule has 0 aliphatic heterocycles. The van der Waals surface area contributed by atoms with Gasteiger partial charge in [0.1, 0.15) is 5.75 Å². The van der Waals surface area contributed by atoms with E-state index in [2.05, 4.69) is 0 Å². The van der Waals surface area contributed by atoms with Crippen LogP contribution in [0.25, 0.3) is 32.4 Å². The van der Waals surface area contributed by atoms with Crippen molar-refractivity contribution in [1.29, 1.82) is 0 Å². The molecule has 0 radical (unpaired) electrons. The number of carbonyl (C=O) groups is 1. The molecular formula is C31H23N3O2S. The molecule has 6 aromatic rings. The van der Waals surface area contributed by atoms with Gasteiger partial charge in [-0.3, -0.25) is 9.69 Å². The SMILES string of the molecule is COc1ccc2nc(N(Cc3ccccc3)C(=O)c3cc(-c4ccccc4)nc4ccccc34)sc2c1. The molecule has 5 nitrogen and oxygen atoms in total. The lowest BCUT2D eigenvalue weighted by Gasteiger charge is -2.21. The molecule has 0 atom stereocenters. The van der Waals surface area contributed by atoms with Crippen molar-refractivity contribution >= 4 is 43.5 Å². The molecule has 37 heavy (non-hydrogen) atoms. The molecular weight excluding hydrogens is 478 g/mol. The van der Waals surface area contributed by atoms with Crippen LogP contribution in [0.15, 0.2) is 109 Å². The zero-order chi connectivity index (χ0) is 25.2. The molecule has 0 unspecified atom stereocenters. The average molecular weight is 502 g/mol. The predicted molar refractivity (Wildman–Crippen MR) is 150 cm³/mol. The number of methoxy groups -OCH3 is 1. The van der Waals surface area contributed by atoms with E-state index < -0.39 is 0 Å². The number of hydrogen-bond donors (Lipinski definition) is 0. The molecule has 6 heteroatoms. The van der Waals surface area contributed by atoms with E-state index >= 15 is 0 Å². The lowest BCUT2D eigenvalue weighted by atomic mass is 10.0. The number of nitrogens with zero attached hydrogens (tertiary/aromatic N) is 3. The van der Waals surface area contributed by atoms with Crippen LogP contribution in [0.1, 0.15) is 15.9 Å². The summed E-state index contributed by atoms with van der Waals surface area (Å²) in [6, 6.07) is 35.4. The number of aromatic nitrogens is 2. The summed E-state index contributed by atoms with van der Waals surface area (Å²) in [5, 5.41) is 1.45. The number of carbonyl (C=O) groups excluding carboxylic acids is 1. The Kier molecular flexibility index (Phi) is 6.08. The number of ether oxygens (including phenoxy) is 1. The molecule has 0 bridgehead atoms. The standard InChI is InChI=1S/C31H23N3O2S/c1-36-23-16-17-27-29(18-23)37-31(33-27)34(20-21-10-4-2-5-11-21)30(35)25-19-28(22-12-6-3-7-13-22)32-26-15-9-8-14-24(25)26/h2-19H,20H2,1H3. The van der Waals surface area contributed by atoms with Gasteiger partial charge in [0, 0.05) is 10.9 Å². The Morgan fingerprint density at radius 1 is 0.811 bits per heavy atom. The summed E-state index contributed by atoms with van der Waals surface area (Å²) in [5.41, 5.74) is 4.95. The maximum Gasteiger partial charge on any atom is 0.261 e. The first-order valence-corrected chi connectivity index (χ1v) is 12.8. The summed E-state index contributed by atoms with van der Waals surface area (Å²) < 4.78 is 6.36. The summed E-state index contributed by atoms with van der Waals surface area (Å²) in [5.74, 6) is 0.641. The van der Waals surface area contributed by atoms with Crippen molar-refractivity contribution in [2.45, 2.75) is 6.54 Å². The van der Waals surface area contributed by atoms with Gasteiger partial charge in [0.05, 0.1) is 40.6 Å². The van der Waals surface area contributed by atoms with Crippen LogP contribution in [0.5, 0.6) is 5.75 Å². The fourth-order valence-corrected chi connectivity index (χ4v) is 5.37. The normalized spacial score (nSPS) is 11.1. The second kappa shape index (κ2) is 9.84. The zero-order valence-corrected chi connectivity index (χ0v) is 21.0. The van der Waals surface area contributed by atoms with Crippen LogP contribution < -0.4 is 9.64 Å². The minimum Gasteiger partial charge on any atom is -0.497 e. The maximum atomic E-state index is 14.4. The summed E-state index contributed by atoms with van der Waals surface area (Å²) in [6.45, 7) is 0.397. The molecule has 1 amide bonds. The van der Waals surface area contributed by atoms with Gasteiger partial charge in [-0.25, -0.2) is 9.97 Å². The van der Waals surface area contributed by atoms with Crippen molar-refractivity contribution in [3.63, 3.8) is 0 Å². The van der Waals surface area contributed by atoms with Crippen LogP contribution in [-0.2, 0) is 6.54 Å². The van der Waals surface area contributed by atoms with Crippen molar-refractivity contribution in [3.05, 3.63) is 120 Å². The van der Waals surface area contributed by atoms with Gasteiger partial charge in [-0.15, -0.1) is 0 Å². The van der Waals surface area contributed by atoms with Crippen molar-refractivity contribution in [1.82, 2.24) is 9.97 Å². The zero-order valence-electron chi connectivity index (χ0n) is 20.2. The minimum absolute atomic E-state index is 0.120. The Balaban J connectivity index is 1.51. The Bertz CT molecular complexity index is 1720. The number of rotatable bonds is 6. The highest BCUT2D eigenvalue weighted by molar-refractivity contribution is 7.22. The smallest absolute Gasteiger partial charge is 0.261 e. The van der Waals surface area contributed by atoms with Gasteiger partial charge in [0.25, 0.3) is 5.91 Å². The largest absolute Gasteiger partial charge is 0.497 e. The lowest BCUT2D eigenvalue weighted by molar-refractivity contribution is 0.0986. The number of pyridine rings is 1. The molecule has 6 rings (SSSR count). The van der Waals surface area contributed by atoms with Crippen LogP contribution in [-0.4, -0.2) is 23.0 Å². The van der Waals surface area contributed by atoms with Crippen LogP contribution >= 0.6 is 11.3 Å². The highest BCUT2D eigenvalue weighted by atomic mass is 32.1. The van der Waals surface area contributed by atoms with E-state index in [-0.39, 0.29) is 5.91 Å². The number of benzene rings is 4. The van der Waals surface area contributed by atoms with Crippen LogP contribution in [0, 0.1) is 0 Å². The van der Waals surface area contributed by atoms with E-state index in [1.807, 2.05) is 109 Å². The molecule has 2 heterocycles. The molecule has 0 fully saturated rings. The third-order valence-corrected chi connectivity index (χ3v) is 7.30. The van der Waals surface area contributed by atoms with E-state index in [1.165, 1.54) is 11.3 Å². The number of amides is 1. The van der Waals surface area contributed by atoms with Gasteiger partial charge in [0.2, 0.25) is 0 Å². The van der Waals surface area contributed by atoms with Gasteiger partial charge in [-0.2, -0.15) is 0 Å². The van der Waals surface area contributed by atoms with E-state index in [0.29, 0.717) is 17.2 Å². The van der Waals surface area contributed by atoms with Gasteiger partial charge in [0.15, 0.2) is 5.13 Å². The summed E-state index contributed by atoms with van der Waals surface area (Å²) in [6.07, 6.45) is 0. The van der Waals surface area contributed by atoms with Crippen LogP contribution in [0.2, 0.25) is 0 Å². The van der Waals surface area contributed by atoms with E-state index in [9.17, 15) is 4.79 Å². The van der Waals surface area contributed by atoms with E-state index in [0.717, 1.165) is 43.7 Å². The average Bonchev–Trinajstić information content (AvgIpc) is 3.39. The van der Waals surface area contributed by atoms with Gasteiger partial charge >= 0.3 is 0 Å². The molecule has 180 valence electrons. The fourth-order valence-electron chi connectivity index (χ4n) is 4.38. The number of anilines is 1. The fraction of sp³-hybridized carbons (Fsp3) is 0.0645. The third kappa shape index (κ3) is 4.55. The molecule has 0 spiro atoms. The lowest BCUT2D eigenvalue weighted by Crippen LogP contribution is -2.30. The van der Waals surface area contributed by atoms with Gasteiger partial charge in [-0.05, 0) is 35.9 Å². The maximum absolute atomic E-state index is 14.4. The molecule has 0 aliphatic carbocycles. The monoisotopic (exact) mass is 501 g/mol. The number of hydrogen-bond acceptors (Lipinski definition) is 5. The van der Waals surface area contributed by atoms with E-state index in [1.54, 1.807) is 12.0 Å². The molecule has 0 aliphatic rings. The molecule has 0 N–H and O–H groups in total. The van der Waals surface area contributed by atoms with Crippen LogP contribution in [0.3, 0.4) is 0 Å². The molecule has 0 saturated heterocycles. The topological polar surface area (TPSA) is 55.3 Å². The Hall–Kier alpha value is -4.55. The predicted octanol–water partition coefficient (Wildman–Crippen LogP) is 7.37. The minimum atomic E-state index is -0.120. The summed E-state index contributed by atoms with van der Waals surface area (Å²) >= 11 is 1.48. The number of fused-ring (bicyclic) bond motifs is 2. The van der Waals surface area contributed by atoms with Crippen LogP contribution in [0.4, 0.5) is 5.13 Å². The van der Waals surface area contributed by atoms with Crippen molar-refractivity contribution in [2.24, 2.45) is 0 Å². The summed E-state index contributed by atoms with van der Waals surface area (Å²) in [7, 11) is 1.65. The quantitative estimate of drug-likeness (QED) is 0.239. The Morgan fingerprint density at radius 3 is 2.32 bits per heavy atom. The third-order valence-electron chi connectivity index (χ3n) is 6.26. The van der Waals surface area contributed by atoms with Crippen molar-refractivity contribution < 1.29 is 9.53 Å². The van der Waals surface area contributed by atoms with Crippen molar-refractivity contribution in [2.75, 3.05) is 12.0 Å². The van der Waals surface area contributed by atoms with Gasteiger partial charge in [-0.1, -0.05) is 90.2 Å². The first kappa shape index (κ1) is 22.9. The second-order valence-electron chi connectivity index (χ2n) is 8.65. The van der Waals surface area contributed by atoms with E-state index in [4.69, 9.17) is 14.7 Å². The van der Waals surface area contributed by atoms with Crippen molar-refractivity contribution in [3.8, 4) is 17.0 Å². The number of para-hydroxylation sites is 1. The highest BCUT2D eigenvalue weighted by Gasteiger charge is 2.24. The Labute approximate surface area is 218 Å². The first-order valence-electron chi connectivity index (χ1n) is 12.0. The van der Waals surface area contributed by atoms with Gasteiger partial charge < -0.3 is 4.74 Å². The molecule has 4 aromatic carbocycles. The first-order chi connectivity index (χ1) is 18.2. The number of thiazole rings is 1.